The highest BCUT2D eigenvalue weighted by Crippen LogP contribution is 2.25. The highest BCUT2D eigenvalue weighted by molar-refractivity contribution is 5.85. The maximum absolute atomic E-state index is 13.9. The van der Waals surface area contributed by atoms with Gasteiger partial charge < -0.3 is 15.4 Å². The van der Waals surface area contributed by atoms with E-state index >= 15 is 0 Å². The monoisotopic (exact) mass is 246 g/mol. The number of nitrogens with one attached hydrogen (secondary N) is 2. The molecule has 5 heteroatoms. The average Bonchev–Trinajstić information content (AvgIpc) is 2.30. The smallest absolute Gasteiger partial charge is 0.169 e. The van der Waals surface area contributed by atoms with Gasteiger partial charge in [0.25, 0.3) is 0 Å². The van der Waals surface area contributed by atoms with Crippen molar-refractivity contribution in [2.75, 3.05) is 26.7 Å². The number of halogens is 2. The molecule has 0 bridgehead atoms. The summed E-state index contributed by atoms with van der Waals surface area (Å²) in [4.78, 5) is 0. The zero-order valence-corrected chi connectivity index (χ0v) is 9.94. The molecular weight excluding hydrogens is 231 g/mol. The van der Waals surface area contributed by atoms with Crippen molar-refractivity contribution in [3.63, 3.8) is 0 Å². The standard InChI is InChI=1S/C11H15FN2O.ClH/c1-15-10-4-2-3-8(11(10)12)9-7-13-5-6-14-9;/h2-4,9,13-14H,5-7H2,1H3;1H/t9-;/m1./s1. The molecule has 3 nitrogen and oxygen atoms in total. The van der Waals surface area contributed by atoms with Crippen LogP contribution in [0.25, 0.3) is 0 Å². The van der Waals surface area contributed by atoms with Gasteiger partial charge in [0.1, 0.15) is 0 Å². The van der Waals surface area contributed by atoms with Gasteiger partial charge in [-0.15, -0.1) is 12.4 Å². The van der Waals surface area contributed by atoms with E-state index in [1.165, 1.54) is 7.11 Å². The van der Waals surface area contributed by atoms with Crippen molar-refractivity contribution in [1.29, 1.82) is 0 Å². The summed E-state index contributed by atoms with van der Waals surface area (Å²) in [7, 11) is 1.48. The zero-order valence-electron chi connectivity index (χ0n) is 9.13. The Bertz CT molecular complexity index is 343. The molecule has 1 aliphatic rings. The van der Waals surface area contributed by atoms with Gasteiger partial charge in [-0.25, -0.2) is 4.39 Å². The Labute approximate surface area is 101 Å². The molecule has 1 saturated heterocycles. The third-order valence-corrected chi connectivity index (χ3v) is 2.63. The van der Waals surface area contributed by atoms with E-state index in [2.05, 4.69) is 10.6 Å². The first-order valence-corrected chi connectivity index (χ1v) is 5.09. The number of hydrogen-bond donors (Lipinski definition) is 2. The van der Waals surface area contributed by atoms with Gasteiger partial charge >= 0.3 is 0 Å². The fourth-order valence-electron chi connectivity index (χ4n) is 1.83. The van der Waals surface area contributed by atoms with Crippen LogP contribution in [0.15, 0.2) is 18.2 Å². The van der Waals surface area contributed by atoms with Crippen molar-refractivity contribution in [3.8, 4) is 5.75 Å². The summed E-state index contributed by atoms with van der Waals surface area (Å²) in [6.07, 6.45) is 0. The van der Waals surface area contributed by atoms with E-state index in [4.69, 9.17) is 4.74 Å². The molecule has 1 atom stereocenters. The molecule has 16 heavy (non-hydrogen) atoms. The molecule has 0 amide bonds. The summed E-state index contributed by atoms with van der Waals surface area (Å²) in [6, 6.07) is 5.28. The largest absolute Gasteiger partial charge is 0.494 e. The molecule has 0 aromatic heterocycles. The van der Waals surface area contributed by atoms with E-state index in [1.54, 1.807) is 12.1 Å². The van der Waals surface area contributed by atoms with Crippen LogP contribution in [-0.2, 0) is 0 Å². The van der Waals surface area contributed by atoms with Crippen LogP contribution >= 0.6 is 12.4 Å². The Hall–Kier alpha value is -0.840. The van der Waals surface area contributed by atoms with Crippen LogP contribution in [0.5, 0.6) is 5.75 Å². The van der Waals surface area contributed by atoms with Gasteiger partial charge in [0, 0.05) is 31.2 Å². The second-order valence-electron chi connectivity index (χ2n) is 3.57. The van der Waals surface area contributed by atoms with Gasteiger partial charge in [-0.3, -0.25) is 0 Å². The minimum atomic E-state index is -0.263. The maximum Gasteiger partial charge on any atom is 0.169 e. The molecule has 90 valence electrons. The molecule has 1 aliphatic heterocycles. The fourth-order valence-corrected chi connectivity index (χ4v) is 1.83. The first-order valence-electron chi connectivity index (χ1n) is 5.09. The molecule has 0 saturated carbocycles. The average molecular weight is 247 g/mol. The van der Waals surface area contributed by atoms with Crippen LogP contribution < -0.4 is 15.4 Å². The first kappa shape index (κ1) is 13.2. The topological polar surface area (TPSA) is 33.3 Å². The minimum Gasteiger partial charge on any atom is -0.494 e. The minimum absolute atomic E-state index is 0. The molecule has 1 heterocycles. The van der Waals surface area contributed by atoms with Crippen LogP contribution in [-0.4, -0.2) is 26.7 Å². The second-order valence-corrected chi connectivity index (χ2v) is 3.57. The van der Waals surface area contributed by atoms with Crippen LogP contribution in [0.2, 0.25) is 0 Å². The van der Waals surface area contributed by atoms with Crippen molar-refractivity contribution in [2.45, 2.75) is 6.04 Å². The number of piperazine rings is 1. The highest BCUT2D eigenvalue weighted by atomic mass is 35.5. The van der Waals surface area contributed by atoms with Crippen LogP contribution in [0, 0.1) is 5.82 Å². The van der Waals surface area contributed by atoms with Gasteiger partial charge in [-0.05, 0) is 6.07 Å². The molecule has 0 spiro atoms. The fraction of sp³-hybridized carbons (Fsp3) is 0.455. The molecule has 1 aromatic carbocycles. The summed E-state index contributed by atoms with van der Waals surface area (Å²) in [5.41, 5.74) is 0.668. The highest BCUT2D eigenvalue weighted by Gasteiger charge is 2.19. The van der Waals surface area contributed by atoms with E-state index in [1.807, 2.05) is 6.07 Å². The number of benzene rings is 1. The van der Waals surface area contributed by atoms with E-state index in [9.17, 15) is 4.39 Å². The maximum atomic E-state index is 13.9. The third-order valence-electron chi connectivity index (χ3n) is 2.63. The summed E-state index contributed by atoms with van der Waals surface area (Å²) in [5, 5.41) is 6.50. The molecule has 1 aromatic rings. The van der Waals surface area contributed by atoms with E-state index < -0.39 is 0 Å². The molecule has 0 radical (unpaired) electrons. The van der Waals surface area contributed by atoms with Gasteiger partial charge in [-0.1, -0.05) is 12.1 Å². The van der Waals surface area contributed by atoms with Crippen molar-refractivity contribution < 1.29 is 9.13 Å². The quantitative estimate of drug-likeness (QED) is 0.830. The molecular formula is C11H16ClFN2O. The van der Waals surface area contributed by atoms with Gasteiger partial charge in [0.2, 0.25) is 0 Å². The second kappa shape index (κ2) is 6.03. The van der Waals surface area contributed by atoms with Gasteiger partial charge in [-0.2, -0.15) is 0 Å². The Morgan fingerprint density at radius 2 is 2.19 bits per heavy atom. The molecule has 1 fully saturated rings. The lowest BCUT2D eigenvalue weighted by Gasteiger charge is -2.25. The van der Waals surface area contributed by atoms with Crippen LogP contribution in [0.3, 0.4) is 0 Å². The third kappa shape index (κ3) is 2.64. The lowest BCUT2D eigenvalue weighted by Crippen LogP contribution is -2.42. The summed E-state index contributed by atoms with van der Waals surface area (Å²) >= 11 is 0. The Balaban J connectivity index is 0.00000128. The number of ether oxygens (including phenoxy) is 1. The number of rotatable bonds is 2. The predicted molar refractivity (Wildman–Crippen MR) is 63.8 cm³/mol. The van der Waals surface area contributed by atoms with Crippen LogP contribution in [0.4, 0.5) is 4.39 Å². The SMILES string of the molecule is COc1cccc([C@H]2CNCCN2)c1F.Cl. The molecule has 2 N–H and O–H groups in total. The van der Waals surface area contributed by atoms with Gasteiger partial charge in [0.05, 0.1) is 7.11 Å². The first-order chi connectivity index (χ1) is 7.33. The van der Waals surface area contributed by atoms with E-state index in [0.717, 1.165) is 19.6 Å². The van der Waals surface area contributed by atoms with Crippen LogP contribution in [0.1, 0.15) is 11.6 Å². The van der Waals surface area contributed by atoms with Crippen molar-refractivity contribution in [1.82, 2.24) is 10.6 Å². The molecule has 0 aliphatic carbocycles. The van der Waals surface area contributed by atoms with E-state index in [0.29, 0.717) is 11.3 Å². The molecule has 0 unspecified atom stereocenters. The number of methoxy groups -OCH3 is 1. The Morgan fingerprint density at radius 1 is 1.38 bits per heavy atom. The summed E-state index contributed by atoms with van der Waals surface area (Å²) in [5.74, 6) is 0.0427. The zero-order chi connectivity index (χ0) is 10.7. The molecule has 2 rings (SSSR count). The summed E-state index contributed by atoms with van der Waals surface area (Å²) < 4.78 is 18.8. The lowest BCUT2D eigenvalue weighted by atomic mass is 10.0. The number of hydrogen-bond acceptors (Lipinski definition) is 3. The lowest BCUT2D eigenvalue weighted by molar-refractivity contribution is 0.371. The Kier molecular flexibility index (Phi) is 4.99. The van der Waals surface area contributed by atoms with E-state index in [-0.39, 0.29) is 24.3 Å². The normalized spacial score (nSPS) is 20.0. The van der Waals surface area contributed by atoms with Crippen molar-refractivity contribution in [2.24, 2.45) is 0 Å². The Morgan fingerprint density at radius 3 is 2.81 bits per heavy atom. The predicted octanol–water partition coefficient (Wildman–Crippen LogP) is 1.49. The summed E-state index contributed by atoms with van der Waals surface area (Å²) in [6.45, 7) is 2.55. The van der Waals surface area contributed by atoms with Gasteiger partial charge in [0.15, 0.2) is 11.6 Å². The van der Waals surface area contributed by atoms with Crippen molar-refractivity contribution >= 4 is 12.4 Å². The van der Waals surface area contributed by atoms with Crippen molar-refractivity contribution in [3.05, 3.63) is 29.6 Å².